The van der Waals surface area contributed by atoms with Gasteiger partial charge in [0.05, 0.1) is 40.4 Å². The molecular formula is C20H18O6S4. The van der Waals surface area contributed by atoms with Crippen LogP contribution in [0.5, 0.6) is 0 Å². The number of hydrogen-bond acceptors (Lipinski definition) is 10. The molecule has 0 aliphatic carbocycles. The Morgan fingerprint density at radius 1 is 0.467 bits per heavy atom. The van der Waals surface area contributed by atoms with Crippen molar-refractivity contribution in [1.29, 1.82) is 0 Å². The van der Waals surface area contributed by atoms with Crippen molar-refractivity contribution in [3.05, 3.63) is 32.0 Å². The van der Waals surface area contributed by atoms with Crippen LogP contribution in [0.3, 0.4) is 0 Å². The van der Waals surface area contributed by atoms with E-state index in [1.807, 2.05) is 0 Å². The molecule has 2 rings (SSSR count). The molecule has 0 fully saturated rings. The summed E-state index contributed by atoms with van der Waals surface area (Å²) in [4.78, 5) is 73.0. The Morgan fingerprint density at radius 2 is 0.733 bits per heavy atom. The van der Waals surface area contributed by atoms with Gasteiger partial charge < -0.3 is 0 Å². The molecule has 0 spiro atoms. The van der Waals surface area contributed by atoms with Crippen LogP contribution in [0.1, 0.15) is 102 Å². The second-order valence-corrected chi connectivity index (χ2v) is 11.1. The smallest absolute Gasteiger partial charge is 0.170 e. The van der Waals surface area contributed by atoms with Crippen molar-refractivity contribution >= 4 is 79.0 Å². The van der Waals surface area contributed by atoms with Crippen molar-refractivity contribution in [2.45, 2.75) is 50.0 Å². The summed E-state index contributed by atoms with van der Waals surface area (Å²) in [6, 6.07) is 0. The third-order valence-corrected chi connectivity index (χ3v) is 9.84. The van der Waals surface area contributed by atoms with Gasteiger partial charge in [0.1, 0.15) is 0 Å². The zero-order chi connectivity index (χ0) is 22.9. The fourth-order valence-corrected chi connectivity index (χ4v) is 8.63. The molecule has 2 heterocycles. The molecule has 0 saturated heterocycles. The van der Waals surface area contributed by atoms with Crippen LogP contribution in [0.4, 0.5) is 0 Å². The van der Waals surface area contributed by atoms with E-state index < -0.39 is 0 Å². The van der Waals surface area contributed by atoms with Gasteiger partial charge in [0.2, 0.25) is 0 Å². The topological polar surface area (TPSA) is 102 Å². The maximum absolute atomic E-state index is 12.2. The molecule has 30 heavy (non-hydrogen) atoms. The summed E-state index contributed by atoms with van der Waals surface area (Å²) in [7, 11) is 2.24. The fourth-order valence-electron chi connectivity index (χ4n) is 2.82. The number of ketones is 6. The Balaban J connectivity index is 2.60. The largest absolute Gasteiger partial charge is 0.294 e. The van der Waals surface area contributed by atoms with E-state index >= 15 is 0 Å². The van der Waals surface area contributed by atoms with Crippen LogP contribution in [-0.4, -0.2) is 34.7 Å². The fraction of sp³-hybridized carbons (Fsp3) is 0.300. The van der Waals surface area contributed by atoms with Crippen molar-refractivity contribution in [1.82, 2.24) is 0 Å². The van der Waals surface area contributed by atoms with Gasteiger partial charge in [-0.15, -0.1) is 22.7 Å². The second-order valence-electron chi connectivity index (χ2n) is 6.44. The molecule has 2 aromatic heterocycles. The van der Waals surface area contributed by atoms with Crippen LogP contribution in [-0.2, 0) is 0 Å². The zero-order valence-electron chi connectivity index (χ0n) is 17.1. The van der Waals surface area contributed by atoms with Crippen LogP contribution in [0.15, 0.2) is 8.42 Å². The summed E-state index contributed by atoms with van der Waals surface area (Å²) in [5.41, 5.74) is 0.564. The molecule has 6 nitrogen and oxygen atoms in total. The molecule has 0 aliphatic rings. The van der Waals surface area contributed by atoms with Gasteiger partial charge in [-0.2, -0.15) is 0 Å². The molecule has 10 heteroatoms. The summed E-state index contributed by atoms with van der Waals surface area (Å²) in [6.45, 7) is 7.90. The molecule has 0 radical (unpaired) electrons. The molecule has 2 aromatic rings. The van der Waals surface area contributed by atoms with Gasteiger partial charge in [0.25, 0.3) is 0 Å². The molecule has 0 aromatic carbocycles. The number of carbonyl (C=O) groups excluding carboxylic acids is 6. The summed E-state index contributed by atoms with van der Waals surface area (Å²) in [6.07, 6.45) is 0. The average Bonchev–Trinajstić information content (AvgIpc) is 3.19. The van der Waals surface area contributed by atoms with Gasteiger partial charge in [-0.25, -0.2) is 0 Å². The van der Waals surface area contributed by atoms with Crippen molar-refractivity contribution in [3.8, 4) is 0 Å². The maximum Gasteiger partial charge on any atom is 0.170 e. The minimum Gasteiger partial charge on any atom is -0.294 e. The molecule has 0 saturated carbocycles. The van der Waals surface area contributed by atoms with Gasteiger partial charge in [-0.05, 0) is 63.1 Å². The second kappa shape index (κ2) is 9.51. The van der Waals surface area contributed by atoms with Crippen molar-refractivity contribution in [2.75, 3.05) is 0 Å². The third kappa shape index (κ3) is 4.72. The van der Waals surface area contributed by atoms with Crippen molar-refractivity contribution < 1.29 is 28.8 Å². The monoisotopic (exact) mass is 482 g/mol. The molecule has 0 N–H and O–H groups in total. The van der Waals surface area contributed by atoms with E-state index in [0.29, 0.717) is 8.42 Å². The number of rotatable bonds is 9. The highest BCUT2D eigenvalue weighted by atomic mass is 33.1. The Bertz CT molecular complexity index is 1030. The van der Waals surface area contributed by atoms with Gasteiger partial charge >= 0.3 is 0 Å². The lowest BCUT2D eigenvalue weighted by atomic mass is 10.0. The first-order valence-electron chi connectivity index (χ1n) is 8.62. The van der Waals surface area contributed by atoms with E-state index in [4.69, 9.17) is 0 Å². The summed E-state index contributed by atoms with van der Waals surface area (Å²) in [5, 5.41) is 0. The van der Waals surface area contributed by atoms with Crippen molar-refractivity contribution in [2.24, 2.45) is 0 Å². The molecule has 158 valence electrons. The Hall–Kier alpha value is -1.88. The lowest BCUT2D eigenvalue weighted by molar-refractivity contribution is 0.0969. The first-order chi connectivity index (χ1) is 13.9. The molecule has 0 amide bonds. The highest BCUT2D eigenvalue weighted by molar-refractivity contribution is 8.77. The maximum atomic E-state index is 12.2. The summed E-state index contributed by atoms with van der Waals surface area (Å²) in [5.74, 6) is -2.09. The molecule has 0 atom stereocenters. The Labute approximate surface area is 189 Å². The number of hydrogen-bond donors (Lipinski definition) is 0. The average molecular weight is 483 g/mol. The van der Waals surface area contributed by atoms with Crippen LogP contribution in [0.2, 0.25) is 0 Å². The minimum atomic E-state index is -0.378. The number of carbonyl (C=O) groups is 6. The van der Waals surface area contributed by atoms with Crippen LogP contribution >= 0.6 is 44.3 Å². The van der Waals surface area contributed by atoms with Gasteiger partial charge in [0, 0.05) is 0 Å². The molecule has 0 unspecified atom stereocenters. The first kappa shape index (κ1) is 24.4. The molecule has 0 bridgehead atoms. The first-order valence-corrected chi connectivity index (χ1v) is 12.4. The summed E-state index contributed by atoms with van der Waals surface area (Å²) >= 11 is 2.09. The normalized spacial score (nSPS) is 10.7. The van der Waals surface area contributed by atoms with E-state index in [1.54, 1.807) is 0 Å². The lowest BCUT2D eigenvalue weighted by Crippen LogP contribution is -2.06. The van der Waals surface area contributed by atoms with Crippen LogP contribution < -0.4 is 0 Å². The van der Waals surface area contributed by atoms with Gasteiger partial charge in [-0.1, -0.05) is 0 Å². The highest BCUT2D eigenvalue weighted by Gasteiger charge is 2.29. The summed E-state index contributed by atoms with van der Waals surface area (Å²) < 4.78 is 0.916. The minimum absolute atomic E-state index is 0.106. The standard InChI is InChI=1S/C20H18O6S4/c1-7(21)13-15(9(3)23)19(27-17(13)11(5)25)29-30-20-16(10(4)24)14(8(2)22)18(28-20)12(6)26/h1-6H3. The van der Waals surface area contributed by atoms with Gasteiger partial charge in [0.15, 0.2) is 34.7 Å². The number of Topliss-reactive ketones (excluding diaryl/α,β-unsaturated/α-hetero) is 6. The van der Waals surface area contributed by atoms with E-state index in [-0.39, 0.29) is 66.7 Å². The zero-order valence-corrected chi connectivity index (χ0v) is 20.3. The Kier molecular flexibility index (Phi) is 7.73. The number of thiophene rings is 2. The predicted octanol–water partition coefficient (Wildman–Crippen LogP) is 5.82. The van der Waals surface area contributed by atoms with Crippen molar-refractivity contribution in [3.63, 3.8) is 0 Å². The van der Waals surface area contributed by atoms with Crippen LogP contribution in [0.25, 0.3) is 0 Å². The van der Waals surface area contributed by atoms with E-state index in [2.05, 4.69) is 0 Å². The Morgan fingerprint density at radius 3 is 0.933 bits per heavy atom. The van der Waals surface area contributed by atoms with Gasteiger partial charge in [-0.3, -0.25) is 28.8 Å². The van der Waals surface area contributed by atoms with E-state index in [9.17, 15) is 28.8 Å². The molecular weight excluding hydrogens is 464 g/mol. The molecule has 0 aliphatic heterocycles. The third-order valence-electron chi connectivity index (χ3n) is 3.99. The van der Waals surface area contributed by atoms with Crippen LogP contribution in [0, 0.1) is 0 Å². The highest BCUT2D eigenvalue weighted by Crippen LogP contribution is 2.49. The quantitative estimate of drug-likeness (QED) is 0.325. The predicted molar refractivity (Wildman–Crippen MR) is 120 cm³/mol. The lowest BCUT2D eigenvalue weighted by Gasteiger charge is -2.03. The van der Waals surface area contributed by atoms with E-state index in [0.717, 1.165) is 44.3 Å². The SMILES string of the molecule is CC(=O)c1sc(SSc2sc(C(C)=O)c(C(C)=O)c2C(C)=O)c(C(C)=O)c1C(C)=O. The van der Waals surface area contributed by atoms with E-state index in [1.165, 1.54) is 41.5 Å².